The second-order valence-electron chi connectivity index (χ2n) is 3.58. The third-order valence-corrected chi connectivity index (χ3v) is 2.27. The summed E-state index contributed by atoms with van der Waals surface area (Å²) in [6, 6.07) is 0. The third-order valence-electron chi connectivity index (χ3n) is 2.27. The number of aryl methyl sites for hydroxylation is 1. The number of nitrogens with zero attached hydrogens (tertiary/aromatic N) is 1. The molecule has 0 fully saturated rings. The van der Waals surface area contributed by atoms with Crippen LogP contribution in [0.1, 0.15) is 31.0 Å². The highest BCUT2D eigenvalue weighted by atomic mass is 16.5. The number of nitrogens with one attached hydrogen (secondary N) is 1. The van der Waals surface area contributed by atoms with Crippen LogP contribution in [0.2, 0.25) is 0 Å². The maximum Gasteiger partial charge on any atom is 0.306 e. The van der Waals surface area contributed by atoms with Crippen molar-refractivity contribution in [3.8, 4) is 0 Å². The van der Waals surface area contributed by atoms with Gasteiger partial charge >= 0.3 is 5.97 Å². The number of anilines is 1. The summed E-state index contributed by atoms with van der Waals surface area (Å²) in [4.78, 5) is 22.5. The van der Waals surface area contributed by atoms with E-state index in [0.29, 0.717) is 12.5 Å². The summed E-state index contributed by atoms with van der Waals surface area (Å²) in [5, 5.41) is 6.27. The summed E-state index contributed by atoms with van der Waals surface area (Å²) in [6.45, 7) is 5.62. The largest absolute Gasteiger partial charge is 0.466 e. The van der Waals surface area contributed by atoms with Crippen LogP contribution in [-0.4, -0.2) is 23.6 Å². The average molecular weight is 240 g/mol. The first kappa shape index (κ1) is 13.2. The minimum Gasteiger partial charge on any atom is -0.466 e. The van der Waals surface area contributed by atoms with Crippen LogP contribution >= 0.6 is 0 Å². The lowest BCUT2D eigenvalue weighted by Gasteiger charge is -2.02. The number of carbonyl (C=O) groups is 2. The van der Waals surface area contributed by atoms with Gasteiger partial charge in [-0.25, -0.2) is 0 Å². The molecule has 0 unspecified atom stereocenters. The molecule has 94 valence electrons. The second-order valence-corrected chi connectivity index (χ2v) is 3.58. The Morgan fingerprint density at radius 2 is 2.06 bits per heavy atom. The van der Waals surface area contributed by atoms with Gasteiger partial charge in [-0.05, 0) is 20.8 Å². The van der Waals surface area contributed by atoms with Crippen molar-refractivity contribution < 1.29 is 18.8 Å². The lowest BCUT2D eigenvalue weighted by molar-refractivity contribution is -0.144. The fourth-order valence-corrected chi connectivity index (χ4v) is 1.17. The number of amides is 1. The summed E-state index contributed by atoms with van der Waals surface area (Å²) >= 11 is 0. The zero-order chi connectivity index (χ0) is 12.8. The number of esters is 1. The van der Waals surface area contributed by atoms with Crippen molar-refractivity contribution in [1.82, 2.24) is 5.16 Å². The number of hydrogen-bond donors (Lipinski definition) is 1. The Balaban J connectivity index is 2.40. The highest BCUT2D eigenvalue weighted by molar-refractivity contribution is 5.91. The van der Waals surface area contributed by atoms with Crippen molar-refractivity contribution in [2.45, 2.75) is 33.6 Å². The Morgan fingerprint density at radius 1 is 1.35 bits per heavy atom. The molecule has 0 saturated heterocycles. The molecule has 1 N–H and O–H groups in total. The molecule has 0 aromatic carbocycles. The second kappa shape index (κ2) is 6.03. The van der Waals surface area contributed by atoms with Gasteiger partial charge in [0.25, 0.3) is 0 Å². The third kappa shape index (κ3) is 3.90. The topological polar surface area (TPSA) is 81.4 Å². The van der Waals surface area contributed by atoms with Crippen LogP contribution in [0.3, 0.4) is 0 Å². The van der Waals surface area contributed by atoms with Crippen molar-refractivity contribution in [2.75, 3.05) is 11.9 Å². The number of hydrogen-bond acceptors (Lipinski definition) is 5. The average Bonchev–Trinajstić information content (AvgIpc) is 2.59. The van der Waals surface area contributed by atoms with Crippen molar-refractivity contribution in [3.05, 3.63) is 11.3 Å². The van der Waals surface area contributed by atoms with Gasteiger partial charge in [0.05, 0.1) is 18.7 Å². The van der Waals surface area contributed by atoms with Crippen LogP contribution in [-0.2, 0) is 14.3 Å². The fraction of sp³-hybridized carbons (Fsp3) is 0.545. The zero-order valence-corrected chi connectivity index (χ0v) is 10.2. The Kier molecular flexibility index (Phi) is 4.68. The minimum absolute atomic E-state index is 0.0613. The monoisotopic (exact) mass is 240 g/mol. The minimum atomic E-state index is -0.381. The summed E-state index contributed by atoms with van der Waals surface area (Å²) in [5.74, 6) is -0.346. The van der Waals surface area contributed by atoms with Crippen LogP contribution in [0, 0.1) is 13.8 Å². The molecule has 0 aliphatic carbocycles. The molecule has 0 saturated carbocycles. The Morgan fingerprint density at radius 3 is 2.59 bits per heavy atom. The van der Waals surface area contributed by atoms with E-state index < -0.39 is 0 Å². The van der Waals surface area contributed by atoms with Crippen LogP contribution in [0.15, 0.2) is 4.52 Å². The number of aromatic nitrogens is 1. The first-order valence-electron chi connectivity index (χ1n) is 5.43. The standard InChI is InChI=1S/C11H16N2O4/c1-4-16-10(15)6-5-9(14)12-11-7(2)8(3)13-17-11/h4-6H2,1-3H3,(H,12,14). The van der Waals surface area contributed by atoms with Crippen molar-refractivity contribution in [2.24, 2.45) is 0 Å². The smallest absolute Gasteiger partial charge is 0.306 e. The van der Waals surface area contributed by atoms with Crippen LogP contribution in [0.25, 0.3) is 0 Å². The molecule has 0 aliphatic heterocycles. The Bertz CT molecular complexity index is 412. The quantitative estimate of drug-likeness (QED) is 0.790. The van der Waals surface area contributed by atoms with E-state index in [-0.39, 0.29) is 24.7 Å². The zero-order valence-electron chi connectivity index (χ0n) is 10.2. The van der Waals surface area contributed by atoms with Gasteiger partial charge < -0.3 is 9.26 Å². The van der Waals surface area contributed by atoms with Gasteiger partial charge in [0, 0.05) is 12.0 Å². The highest BCUT2D eigenvalue weighted by Crippen LogP contribution is 2.17. The molecule has 6 nitrogen and oxygen atoms in total. The van der Waals surface area contributed by atoms with Crippen LogP contribution in [0.5, 0.6) is 0 Å². The van der Waals surface area contributed by atoms with E-state index in [1.165, 1.54) is 0 Å². The molecule has 1 aromatic rings. The molecule has 1 amide bonds. The van der Waals surface area contributed by atoms with Crippen molar-refractivity contribution in [3.63, 3.8) is 0 Å². The number of rotatable bonds is 5. The van der Waals surface area contributed by atoms with Gasteiger partial charge in [-0.1, -0.05) is 5.16 Å². The molecule has 0 spiro atoms. The summed E-state index contributed by atoms with van der Waals surface area (Å²) in [7, 11) is 0. The van der Waals surface area contributed by atoms with Gasteiger partial charge in [0.2, 0.25) is 11.8 Å². The molecule has 1 aromatic heterocycles. The Hall–Kier alpha value is -1.85. The first-order valence-corrected chi connectivity index (χ1v) is 5.43. The van der Waals surface area contributed by atoms with Gasteiger partial charge in [-0.3, -0.25) is 14.9 Å². The lowest BCUT2D eigenvalue weighted by Crippen LogP contribution is -2.14. The van der Waals surface area contributed by atoms with Crippen LogP contribution < -0.4 is 5.32 Å². The maximum atomic E-state index is 11.5. The van der Waals surface area contributed by atoms with E-state index in [4.69, 9.17) is 9.26 Å². The molecule has 0 aliphatic rings. The normalized spacial score (nSPS) is 10.1. The number of ether oxygens (including phenoxy) is 1. The molecular formula is C11H16N2O4. The lowest BCUT2D eigenvalue weighted by atomic mass is 10.2. The van der Waals surface area contributed by atoms with E-state index in [2.05, 4.69) is 10.5 Å². The summed E-state index contributed by atoms with van der Waals surface area (Å²) in [6.07, 6.45) is 0.129. The predicted octanol–water partition coefficient (Wildman–Crippen LogP) is 1.57. The molecule has 0 bridgehead atoms. The molecule has 17 heavy (non-hydrogen) atoms. The van der Waals surface area contributed by atoms with E-state index in [1.54, 1.807) is 20.8 Å². The van der Waals surface area contributed by atoms with Gasteiger partial charge in [-0.2, -0.15) is 0 Å². The molecule has 0 radical (unpaired) electrons. The molecule has 1 heterocycles. The van der Waals surface area contributed by atoms with Crippen molar-refractivity contribution in [1.29, 1.82) is 0 Å². The van der Waals surface area contributed by atoms with E-state index in [9.17, 15) is 9.59 Å². The molecule has 1 rings (SSSR count). The number of carbonyl (C=O) groups excluding carboxylic acids is 2. The van der Waals surface area contributed by atoms with Gasteiger partial charge in [-0.15, -0.1) is 0 Å². The van der Waals surface area contributed by atoms with Crippen molar-refractivity contribution >= 4 is 17.8 Å². The van der Waals surface area contributed by atoms with E-state index in [1.807, 2.05) is 0 Å². The maximum absolute atomic E-state index is 11.5. The molecule has 6 heteroatoms. The van der Waals surface area contributed by atoms with Gasteiger partial charge in [0.1, 0.15) is 0 Å². The summed E-state index contributed by atoms with van der Waals surface area (Å²) < 4.78 is 9.64. The van der Waals surface area contributed by atoms with E-state index >= 15 is 0 Å². The SMILES string of the molecule is CCOC(=O)CCC(=O)Nc1onc(C)c1C. The van der Waals surface area contributed by atoms with E-state index in [0.717, 1.165) is 11.3 Å². The highest BCUT2D eigenvalue weighted by Gasteiger charge is 2.13. The fourth-order valence-electron chi connectivity index (χ4n) is 1.17. The molecule has 0 atom stereocenters. The first-order chi connectivity index (χ1) is 8.04. The molecular weight excluding hydrogens is 224 g/mol. The van der Waals surface area contributed by atoms with Crippen LogP contribution in [0.4, 0.5) is 5.88 Å². The van der Waals surface area contributed by atoms with Gasteiger partial charge in [0.15, 0.2) is 0 Å². The predicted molar refractivity (Wildman–Crippen MR) is 60.5 cm³/mol. The Labute approximate surface area is 99.3 Å². The summed E-state index contributed by atoms with van der Waals surface area (Å²) in [5.41, 5.74) is 1.51.